The van der Waals surface area contributed by atoms with Gasteiger partial charge in [0, 0.05) is 19.0 Å². The van der Waals surface area contributed by atoms with E-state index >= 15 is 0 Å². The SMILES string of the molecule is CC(C)C(N)CC(=O)NCc1cccc(C#N)c1. The number of carbonyl (C=O) groups is 1. The monoisotopic (exact) mass is 245 g/mol. The molecule has 1 aromatic rings. The summed E-state index contributed by atoms with van der Waals surface area (Å²) in [6.07, 6.45) is 0.329. The summed E-state index contributed by atoms with van der Waals surface area (Å²) in [5.41, 5.74) is 7.34. The predicted octanol–water partition coefficient (Wildman–Crippen LogP) is 1.55. The van der Waals surface area contributed by atoms with E-state index in [4.69, 9.17) is 11.0 Å². The lowest BCUT2D eigenvalue weighted by atomic mass is 10.0. The van der Waals surface area contributed by atoms with Gasteiger partial charge in [0.1, 0.15) is 0 Å². The topological polar surface area (TPSA) is 78.9 Å². The summed E-state index contributed by atoms with van der Waals surface area (Å²) in [7, 11) is 0. The molecule has 0 aliphatic rings. The maximum Gasteiger partial charge on any atom is 0.221 e. The molecule has 0 heterocycles. The van der Waals surface area contributed by atoms with Gasteiger partial charge in [0.05, 0.1) is 11.6 Å². The molecule has 1 rings (SSSR count). The molecule has 18 heavy (non-hydrogen) atoms. The number of amides is 1. The van der Waals surface area contributed by atoms with Crippen molar-refractivity contribution in [1.82, 2.24) is 5.32 Å². The van der Waals surface area contributed by atoms with Crippen LogP contribution in [0.25, 0.3) is 0 Å². The van der Waals surface area contributed by atoms with E-state index in [-0.39, 0.29) is 17.9 Å². The average molecular weight is 245 g/mol. The van der Waals surface area contributed by atoms with Gasteiger partial charge in [0.2, 0.25) is 5.91 Å². The van der Waals surface area contributed by atoms with Crippen molar-refractivity contribution in [2.24, 2.45) is 11.7 Å². The molecule has 4 nitrogen and oxygen atoms in total. The number of nitrogens with zero attached hydrogens (tertiary/aromatic N) is 1. The van der Waals surface area contributed by atoms with E-state index in [1.807, 2.05) is 19.9 Å². The standard InChI is InChI=1S/C14H19N3O/c1-10(2)13(16)7-14(18)17-9-12-5-3-4-11(6-12)8-15/h3-6,10,13H,7,9,16H2,1-2H3,(H,17,18). The summed E-state index contributed by atoms with van der Waals surface area (Å²) in [5.74, 6) is 0.233. The highest BCUT2D eigenvalue weighted by Gasteiger charge is 2.12. The molecule has 0 fully saturated rings. The number of hydrogen-bond acceptors (Lipinski definition) is 3. The van der Waals surface area contributed by atoms with Crippen LogP contribution in [0.1, 0.15) is 31.4 Å². The van der Waals surface area contributed by atoms with Crippen molar-refractivity contribution in [3.63, 3.8) is 0 Å². The van der Waals surface area contributed by atoms with Gasteiger partial charge < -0.3 is 11.1 Å². The first-order valence-electron chi connectivity index (χ1n) is 6.04. The van der Waals surface area contributed by atoms with Crippen molar-refractivity contribution >= 4 is 5.91 Å². The molecule has 96 valence electrons. The van der Waals surface area contributed by atoms with Gasteiger partial charge in [-0.15, -0.1) is 0 Å². The summed E-state index contributed by atoms with van der Waals surface area (Å²) in [6, 6.07) is 9.14. The Morgan fingerprint density at radius 2 is 2.22 bits per heavy atom. The molecule has 0 saturated carbocycles. The highest BCUT2D eigenvalue weighted by Crippen LogP contribution is 2.05. The number of nitrogens with two attached hydrogens (primary N) is 1. The van der Waals surface area contributed by atoms with Crippen LogP contribution in [0.3, 0.4) is 0 Å². The molecule has 0 saturated heterocycles. The van der Waals surface area contributed by atoms with Crippen molar-refractivity contribution in [3.8, 4) is 6.07 Å². The second-order valence-electron chi connectivity index (χ2n) is 4.70. The van der Waals surface area contributed by atoms with E-state index in [0.717, 1.165) is 5.56 Å². The Balaban J connectivity index is 2.45. The molecule has 0 aromatic heterocycles. The van der Waals surface area contributed by atoms with Gasteiger partial charge in [-0.2, -0.15) is 5.26 Å². The fraction of sp³-hybridized carbons (Fsp3) is 0.429. The van der Waals surface area contributed by atoms with Gasteiger partial charge >= 0.3 is 0 Å². The Kier molecular flexibility index (Phi) is 5.34. The zero-order valence-corrected chi connectivity index (χ0v) is 10.8. The number of hydrogen-bond donors (Lipinski definition) is 2. The van der Waals surface area contributed by atoms with E-state index in [9.17, 15) is 4.79 Å². The van der Waals surface area contributed by atoms with Crippen LogP contribution < -0.4 is 11.1 Å². The average Bonchev–Trinajstić information content (AvgIpc) is 2.36. The zero-order valence-electron chi connectivity index (χ0n) is 10.8. The first-order valence-corrected chi connectivity index (χ1v) is 6.04. The summed E-state index contributed by atoms with van der Waals surface area (Å²) in [6.45, 7) is 4.42. The van der Waals surface area contributed by atoms with E-state index in [1.54, 1.807) is 18.2 Å². The number of carbonyl (C=O) groups excluding carboxylic acids is 1. The third-order valence-electron chi connectivity index (χ3n) is 2.82. The van der Waals surface area contributed by atoms with Crippen LogP contribution in [0.15, 0.2) is 24.3 Å². The summed E-state index contributed by atoms with van der Waals surface area (Å²) in [4.78, 5) is 11.6. The Bertz CT molecular complexity index is 449. The van der Waals surface area contributed by atoms with Gasteiger partial charge in [0.25, 0.3) is 0 Å². The van der Waals surface area contributed by atoms with Crippen molar-refractivity contribution < 1.29 is 4.79 Å². The highest BCUT2D eigenvalue weighted by molar-refractivity contribution is 5.76. The quantitative estimate of drug-likeness (QED) is 0.826. The largest absolute Gasteiger partial charge is 0.352 e. The van der Waals surface area contributed by atoms with Crippen LogP contribution in [0, 0.1) is 17.2 Å². The molecule has 0 aliphatic carbocycles. The molecule has 1 amide bonds. The van der Waals surface area contributed by atoms with Crippen molar-refractivity contribution in [2.75, 3.05) is 0 Å². The molecule has 1 atom stereocenters. The van der Waals surface area contributed by atoms with Crippen LogP contribution in [0.2, 0.25) is 0 Å². The Morgan fingerprint density at radius 1 is 1.50 bits per heavy atom. The summed E-state index contributed by atoms with van der Waals surface area (Å²) < 4.78 is 0. The minimum atomic E-state index is -0.115. The zero-order chi connectivity index (χ0) is 13.5. The molecular formula is C14H19N3O. The van der Waals surface area contributed by atoms with E-state index in [2.05, 4.69) is 11.4 Å². The molecule has 0 bridgehead atoms. The molecule has 4 heteroatoms. The maximum absolute atomic E-state index is 11.6. The first-order chi connectivity index (χ1) is 8.52. The number of nitrogens with one attached hydrogen (secondary N) is 1. The third kappa shape index (κ3) is 4.56. The van der Waals surface area contributed by atoms with Gasteiger partial charge in [-0.1, -0.05) is 26.0 Å². The number of benzene rings is 1. The molecule has 3 N–H and O–H groups in total. The van der Waals surface area contributed by atoms with E-state index < -0.39 is 0 Å². The molecular weight excluding hydrogens is 226 g/mol. The Labute approximate surface area is 108 Å². The fourth-order valence-electron chi connectivity index (χ4n) is 1.47. The lowest BCUT2D eigenvalue weighted by molar-refractivity contribution is -0.121. The van der Waals surface area contributed by atoms with E-state index in [1.165, 1.54) is 0 Å². The Hall–Kier alpha value is -1.86. The van der Waals surface area contributed by atoms with Crippen molar-refractivity contribution in [3.05, 3.63) is 35.4 Å². The minimum absolute atomic E-state index is 0.0569. The van der Waals surface area contributed by atoms with Crippen LogP contribution >= 0.6 is 0 Å². The van der Waals surface area contributed by atoms with Gasteiger partial charge in [-0.25, -0.2) is 0 Å². The molecule has 0 aliphatic heterocycles. The Morgan fingerprint density at radius 3 is 2.83 bits per heavy atom. The predicted molar refractivity (Wildman–Crippen MR) is 70.4 cm³/mol. The second kappa shape index (κ2) is 6.77. The normalized spacial score (nSPS) is 11.9. The van der Waals surface area contributed by atoms with Crippen molar-refractivity contribution in [2.45, 2.75) is 32.9 Å². The molecule has 0 spiro atoms. The first kappa shape index (κ1) is 14.2. The lowest BCUT2D eigenvalue weighted by Gasteiger charge is -2.15. The van der Waals surface area contributed by atoms with Gasteiger partial charge in [-0.05, 0) is 23.6 Å². The van der Waals surface area contributed by atoms with Crippen LogP contribution in [0.4, 0.5) is 0 Å². The lowest BCUT2D eigenvalue weighted by Crippen LogP contribution is -2.34. The van der Waals surface area contributed by atoms with Gasteiger partial charge in [-0.3, -0.25) is 4.79 Å². The van der Waals surface area contributed by atoms with Crippen LogP contribution in [-0.4, -0.2) is 11.9 Å². The van der Waals surface area contributed by atoms with Crippen LogP contribution in [-0.2, 0) is 11.3 Å². The van der Waals surface area contributed by atoms with Crippen molar-refractivity contribution in [1.29, 1.82) is 5.26 Å². The third-order valence-corrected chi connectivity index (χ3v) is 2.82. The maximum atomic E-state index is 11.6. The molecule has 1 unspecified atom stereocenters. The van der Waals surface area contributed by atoms with Crippen LogP contribution in [0.5, 0.6) is 0 Å². The summed E-state index contributed by atoms with van der Waals surface area (Å²) >= 11 is 0. The minimum Gasteiger partial charge on any atom is -0.352 e. The fourth-order valence-corrected chi connectivity index (χ4v) is 1.47. The smallest absolute Gasteiger partial charge is 0.221 e. The van der Waals surface area contributed by atoms with Gasteiger partial charge in [0.15, 0.2) is 0 Å². The van der Waals surface area contributed by atoms with E-state index in [0.29, 0.717) is 18.5 Å². The number of rotatable bonds is 5. The summed E-state index contributed by atoms with van der Waals surface area (Å²) in [5, 5.41) is 11.6. The molecule has 1 aromatic carbocycles. The highest BCUT2D eigenvalue weighted by atomic mass is 16.1. The molecule has 0 radical (unpaired) electrons. The second-order valence-corrected chi connectivity index (χ2v) is 4.70. The number of nitriles is 1.